The molecule has 2 aliphatic rings. The van der Waals surface area contributed by atoms with E-state index in [4.69, 9.17) is 23.7 Å². The first-order valence-corrected chi connectivity index (χ1v) is 11.0. The number of fused-ring (bicyclic) bond motifs is 1. The van der Waals surface area contributed by atoms with Crippen molar-refractivity contribution in [2.24, 2.45) is 0 Å². The van der Waals surface area contributed by atoms with Crippen LogP contribution in [0.5, 0.6) is 11.5 Å². The molecule has 2 aromatic rings. The number of carbonyl (C=O) groups is 2. The van der Waals surface area contributed by atoms with E-state index in [2.05, 4.69) is 0 Å². The van der Waals surface area contributed by atoms with Gasteiger partial charge in [0.1, 0.15) is 18.8 Å². The number of ketones is 1. The second-order valence-corrected chi connectivity index (χ2v) is 8.83. The van der Waals surface area contributed by atoms with Gasteiger partial charge in [-0.3, -0.25) is 4.79 Å². The van der Waals surface area contributed by atoms with Crippen LogP contribution in [-0.4, -0.2) is 47.2 Å². The number of carboxylic acid groups (broad SMARTS) is 1. The molecule has 34 heavy (non-hydrogen) atoms. The molecule has 1 N–H and O–H groups in total. The number of hydrogen-bond donors (Lipinski definition) is 1. The van der Waals surface area contributed by atoms with Crippen molar-refractivity contribution in [1.82, 2.24) is 0 Å². The van der Waals surface area contributed by atoms with E-state index >= 15 is 0 Å². The Balaban J connectivity index is 1.61. The molecule has 180 valence electrons. The van der Waals surface area contributed by atoms with Crippen LogP contribution in [0.15, 0.2) is 54.1 Å². The van der Waals surface area contributed by atoms with Gasteiger partial charge in [0.25, 0.3) is 0 Å². The molecule has 0 radical (unpaired) electrons. The molecule has 2 heterocycles. The van der Waals surface area contributed by atoms with Crippen LogP contribution in [0.1, 0.15) is 38.8 Å². The van der Waals surface area contributed by atoms with Gasteiger partial charge in [0, 0.05) is 5.57 Å². The van der Waals surface area contributed by atoms with Crippen molar-refractivity contribution in [1.29, 1.82) is 0 Å². The summed E-state index contributed by atoms with van der Waals surface area (Å²) in [6.45, 7) is 6.80. The minimum atomic E-state index is -1.01. The molecule has 0 unspecified atom stereocenters. The Morgan fingerprint density at radius 1 is 1.03 bits per heavy atom. The third-order valence-corrected chi connectivity index (χ3v) is 5.58. The standard InChI is InChI=1S/C26H28O8/c1-15(24(28)29)12-18-10-11-19(20(13-18)30-14-17-8-6-5-7-9-17)31-25-23-22(21(32-25)16(2)27)33-26(3,4)34-23/h5-13,21-23,25H,14H2,1-4H3,(H,28,29)/b15-12+/t21-,22-,23-,25-/m1/s1. The molecule has 0 bridgehead atoms. The van der Waals surface area contributed by atoms with E-state index in [1.165, 1.54) is 13.8 Å². The number of carbonyl (C=O) groups excluding carboxylic acids is 1. The molecule has 4 atom stereocenters. The first-order chi connectivity index (χ1) is 16.1. The molecule has 0 aromatic heterocycles. The van der Waals surface area contributed by atoms with Crippen LogP contribution in [0.3, 0.4) is 0 Å². The molecule has 8 heteroatoms. The number of carboxylic acids is 1. The molecule has 0 saturated carbocycles. The number of benzene rings is 2. The average Bonchev–Trinajstić information content (AvgIpc) is 3.27. The number of rotatable bonds is 8. The van der Waals surface area contributed by atoms with Gasteiger partial charge in [-0.05, 0) is 57.0 Å². The van der Waals surface area contributed by atoms with E-state index in [0.717, 1.165) is 5.56 Å². The lowest BCUT2D eigenvalue weighted by molar-refractivity contribution is -0.212. The van der Waals surface area contributed by atoms with Crippen LogP contribution in [-0.2, 0) is 30.4 Å². The Morgan fingerprint density at radius 3 is 2.41 bits per heavy atom. The van der Waals surface area contributed by atoms with E-state index < -0.39 is 36.4 Å². The number of Topliss-reactive ketones (excluding diaryl/α,β-unsaturated/α-hetero) is 1. The number of hydrogen-bond acceptors (Lipinski definition) is 7. The molecule has 4 rings (SSSR count). The maximum atomic E-state index is 12.1. The summed E-state index contributed by atoms with van der Waals surface area (Å²) in [6, 6.07) is 14.7. The van der Waals surface area contributed by atoms with E-state index in [-0.39, 0.29) is 18.0 Å². The van der Waals surface area contributed by atoms with E-state index in [9.17, 15) is 14.7 Å². The van der Waals surface area contributed by atoms with Gasteiger partial charge in [-0.25, -0.2) is 4.79 Å². The summed E-state index contributed by atoms with van der Waals surface area (Å²) < 4.78 is 29.9. The Kier molecular flexibility index (Phi) is 6.74. The van der Waals surface area contributed by atoms with Crippen molar-refractivity contribution in [3.8, 4) is 11.5 Å². The van der Waals surface area contributed by atoms with Crippen LogP contribution >= 0.6 is 0 Å². The fraction of sp³-hybridized carbons (Fsp3) is 0.385. The maximum Gasteiger partial charge on any atom is 0.331 e. The minimum Gasteiger partial charge on any atom is -0.485 e. The number of ether oxygens (including phenoxy) is 5. The van der Waals surface area contributed by atoms with Gasteiger partial charge >= 0.3 is 5.97 Å². The van der Waals surface area contributed by atoms with Crippen molar-refractivity contribution >= 4 is 17.8 Å². The van der Waals surface area contributed by atoms with Crippen molar-refractivity contribution in [2.45, 2.75) is 64.7 Å². The predicted octanol–water partition coefficient (Wildman–Crippen LogP) is 3.97. The third kappa shape index (κ3) is 5.30. The van der Waals surface area contributed by atoms with Crippen LogP contribution < -0.4 is 9.47 Å². The molecule has 2 saturated heterocycles. The molecule has 2 aromatic carbocycles. The quantitative estimate of drug-likeness (QED) is 0.581. The lowest BCUT2D eigenvalue weighted by Gasteiger charge is -2.24. The summed E-state index contributed by atoms with van der Waals surface area (Å²) in [4.78, 5) is 23.4. The lowest BCUT2D eigenvalue weighted by atomic mass is 10.1. The van der Waals surface area contributed by atoms with Crippen LogP contribution in [0.25, 0.3) is 6.08 Å². The molecule has 0 aliphatic carbocycles. The summed E-state index contributed by atoms with van der Waals surface area (Å²) in [5.74, 6) is -1.27. The average molecular weight is 469 g/mol. The molecule has 2 aliphatic heterocycles. The lowest BCUT2D eigenvalue weighted by Crippen LogP contribution is -2.34. The zero-order chi connectivity index (χ0) is 24.5. The summed E-state index contributed by atoms with van der Waals surface area (Å²) in [7, 11) is 0. The second-order valence-electron chi connectivity index (χ2n) is 8.83. The first-order valence-electron chi connectivity index (χ1n) is 11.0. The third-order valence-electron chi connectivity index (χ3n) is 5.58. The van der Waals surface area contributed by atoms with Gasteiger partial charge < -0.3 is 28.8 Å². The zero-order valence-electron chi connectivity index (χ0n) is 19.5. The highest BCUT2D eigenvalue weighted by Crippen LogP contribution is 2.41. The molecular formula is C26H28O8. The van der Waals surface area contributed by atoms with Crippen LogP contribution in [0, 0.1) is 0 Å². The van der Waals surface area contributed by atoms with Gasteiger partial charge in [0.2, 0.25) is 6.29 Å². The summed E-state index contributed by atoms with van der Waals surface area (Å²) in [5.41, 5.74) is 1.79. The Morgan fingerprint density at radius 2 is 1.74 bits per heavy atom. The minimum absolute atomic E-state index is 0.174. The molecule has 0 amide bonds. The van der Waals surface area contributed by atoms with Crippen molar-refractivity contribution in [3.05, 3.63) is 65.2 Å². The Labute approximate surface area is 198 Å². The van der Waals surface area contributed by atoms with Crippen LogP contribution in [0.4, 0.5) is 0 Å². The number of aliphatic carboxylic acids is 1. The highest BCUT2D eigenvalue weighted by atomic mass is 16.8. The topological polar surface area (TPSA) is 101 Å². The van der Waals surface area contributed by atoms with Crippen molar-refractivity contribution < 1.29 is 38.4 Å². The fourth-order valence-corrected chi connectivity index (χ4v) is 3.98. The molecule has 2 fully saturated rings. The normalized spacial score (nSPS) is 25.6. The Bertz CT molecular complexity index is 1090. The zero-order valence-corrected chi connectivity index (χ0v) is 19.5. The van der Waals surface area contributed by atoms with Gasteiger partial charge in [0.15, 0.2) is 29.2 Å². The van der Waals surface area contributed by atoms with E-state index in [0.29, 0.717) is 17.1 Å². The summed E-state index contributed by atoms with van der Waals surface area (Å²) in [6.07, 6.45) is -1.31. The fourth-order valence-electron chi connectivity index (χ4n) is 3.98. The van der Waals surface area contributed by atoms with Gasteiger partial charge in [0.05, 0.1) is 0 Å². The Hall–Kier alpha value is -3.20. The van der Waals surface area contributed by atoms with Gasteiger partial charge in [-0.1, -0.05) is 36.4 Å². The summed E-state index contributed by atoms with van der Waals surface area (Å²) >= 11 is 0. The summed E-state index contributed by atoms with van der Waals surface area (Å²) in [5, 5.41) is 9.21. The van der Waals surface area contributed by atoms with Gasteiger partial charge in [-0.15, -0.1) is 0 Å². The second kappa shape index (κ2) is 9.58. The highest BCUT2D eigenvalue weighted by molar-refractivity contribution is 5.91. The van der Waals surface area contributed by atoms with Crippen LogP contribution in [0.2, 0.25) is 0 Å². The monoisotopic (exact) mass is 468 g/mol. The molecular weight excluding hydrogens is 440 g/mol. The highest BCUT2D eigenvalue weighted by Gasteiger charge is 2.57. The van der Waals surface area contributed by atoms with Gasteiger partial charge in [-0.2, -0.15) is 0 Å². The van der Waals surface area contributed by atoms with Crippen molar-refractivity contribution in [3.63, 3.8) is 0 Å². The molecule has 0 spiro atoms. The van der Waals surface area contributed by atoms with E-state index in [1.54, 1.807) is 38.1 Å². The molecule has 8 nitrogen and oxygen atoms in total. The SMILES string of the molecule is CC(=O)[C@H]1O[C@@H](Oc2ccc(/C=C(\C)C(=O)O)cc2OCc2ccccc2)[C@@H]2OC(C)(C)O[C@@H]21. The van der Waals surface area contributed by atoms with Crippen molar-refractivity contribution in [2.75, 3.05) is 0 Å². The predicted molar refractivity (Wildman–Crippen MR) is 122 cm³/mol. The smallest absolute Gasteiger partial charge is 0.331 e. The van der Waals surface area contributed by atoms with E-state index in [1.807, 2.05) is 30.3 Å². The first kappa shape index (κ1) is 23.9. The maximum absolute atomic E-state index is 12.1. The largest absolute Gasteiger partial charge is 0.485 e.